The van der Waals surface area contributed by atoms with Crippen LogP contribution >= 0.6 is 0 Å². The molecule has 0 saturated heterocycles. The van der Waals surface area contributed by atoms with Gasteiger partial charge in [-0.3, -0.25) is 0 Å². The van der Waals surface area contributed by atoms with Gasteiger partial charge in [0.15, 0.2) is 11.6 Å². The molecule has 0 radical (unpaired) electrons. The molecule has 19 heavy (non-hydrogen) atoms. The van der Waals surface area contributed by atoms with Crippen LogP contribution in [0.4, 0.5) is 8.78 Å². The molecule has 0 bridgehead atoms. The van der Waals surface area contributed by atoms with Gasteiger partial charge >= 0.3 is 5.97 Å². The zero-order valence-corrected chi connectivity index (χ0v) is 9.77. The van der Waals surface area contributed by atoms with Crippen molar-refractivity contribution in [2.75, 3.05) is 0 Å². The maximum atomic E-state index is 13.0. The molecule has 1 N–H and O–H groups in total. The van der Waals surface area contributed by atoms with E-state index < -0.39 is 17.6 Å². The van der Waals surface area contributed by atoms with Gasteiger partial charge in [0.05, 0.1) is 5.56 Å². The highest BCUT2D eigenvalue weighted by atomic mass is 19.2. The summed E-state index contributed by atoms with van der Waals surface area (Å²) in [5, 5.41) is 8.81. The Morgan fingerprint density at radius 3 is 2.58 bits per heavy atom. The van der Waals surface area contributed by atoms with Crippen molar-refractivity contribution in [1.29, 1.82) is 0 Å². The van der Waals surface area contributed by atoms with Crippen molar-refractivity contribution in [3.05, 3.63) is 65.2 Å². The number of hydrogen-bond donors (Lipinski definition) is 1. The van der Waals surface area contributed by atoms with Gasteiger partial charge in [-0.2, -0.15) is 0 Å². The minimum atomic E-state index is -1.06. The lowest BCUT2D eigenvalue weighted by molar-refractivity contribution is 0.0696. The van der Waals surface area contributed by atoms with E-state index in [9.17, 15) is 13.6 Å². The standard InChI is InChI=1S/C14H10F2O3/c15-12-5-4-9(6-13(12)16)8-19-11-3-1-2-10(7-11)14(17)18/h1-7H,8H2,(H,17,18). The number of carboxylic acids is 1. The van der Waals surface area contributed by atoms with Crippen LogP contribution in [0, 0.1) is 11.6 Å². The van der Waals surface area contributed by atoms with Crippen molar-refractivity contribution in [2.24, 2.45) is 0 Å². The summed E-state index contributed by atoms with van der Waals surface area (Å²) in [7, 11) is 0. The predicted octanol–water partition coefficient (Wildman–Crippen LogP) is 3.24. The fraction of sp³-hybridized carbons (Fsp3) is 0.0714. The molecule has 2 aromatic carbocycles. The highest BCUT2D eigenvalue weighted by molar-refractivity contribution is 5.87. The van der Waals surface area contributed by atoms with Crippen LogP contribution in [-0.2, 0) is 6.61 Å². The van der Waals surface area contributed by atoms with Crippen LogP contribution in [0.3, 0.4) is 0 Å². The summed E-state index contributed by atoms with van der Waals surface area (Å²) in [6.07, 6.45) is 0. The molecule has 0 spiro atoms. The number of benzene rings is 2. The first kappa shape index (κ1) is 13.0. The number of carbonyl (C=O) groups is 1. The Labute approximate surface area is 108 Å². The third-order valence-electron chi connectivity index (χ3n) is 2.47. The lowest BCUT2D eigenvalue weighted by Crippen LogP contribution is -2.00. The Morgan fingerprint density at radius 2 is 1.89 bits per heavy atom. The Bertz CT molecular complexity index is 611. The van der Waals surface area contributed by atoms with E-state index in [1.54, 1.807) is 12.1 Å². The van der Waals surface area contributed by atoms with E-state index in [4.69, 9.17) is 9.84 Å². The third-order valence-corrected chi connectivity index (χ3v) is 2.47. The zero-order valence-electron chi connectivity index (χ0n) is 9.77. The van der Waals surface area contributed by atoms with Gasteiger partial charge in [0, 0.05) is 0 Å². The zero-order chi connectivity index (χ0) is 13.8. The lowest BCUT2D eigenvalue weighted by Gasteiger charge is -2.07. The SMILES string of the molecule is O=C(O)c1cccc(OCc2ccc(F)c(F)c2)c1. The number of carboxylic acid groups (broad SMARTS) is 1. The summed E-state index contributed by atoms with van der Waals surface area (Å²) in [6, 6.07) is 9.39. The van der Waals surface area contributed by atoms with E-state index in [1.807, 2.05) is 0 Å². The first-order valence-electron chi connectivity index (χ1n) is 5.46. The van der Waals surface area contributed by atoms with Crippen molar-refractivity contribution >= 4 is 5.97 Å². The van der Waals surface area contributed by atoms with Crippen LogP contribution in [-0.4, -0.2) is 11.1 Å². The molecule has 0 amide bonds. The predicted molar refractivity (Wildman–Crippen MR) is 64.1 cm³/mol. The second-order valence-electron chi connectivity index (χ2n) is 3.87. The van der Waals surface area contributed by atoms with Gasteiger partial charge < -0.3 is 9.84 Å². The number of halogens is 2. The van der Waals surface area contributed by atoms with Crippen molar-refractivity contribution < 1.29 is 23.4 Å². The molecule has 5 heteroatoms. The normalized spacial score (nSPS) is 10.2. The molecule has 98 valence electrons. The molecule has 0 aliphatic heterocycles. The van der Waals surface area contributed by atoms with E-state index >= 15 is 0 Å². The van der Waals surface area contributed by atoms with E-state index in [1.165, 1.54) is 18.2 Å². The minimum Gasteiger partial charge on any atom is -0.489 e. The van der Waals surface area contributed by atoms with Crippen molar-refractivity contribution in [2.45, 2.75) is 6.61 Å². The first-order chi connectivity index (χ1) is 9.06. The molecule has 0 heterocycles. The molecule has 0 fully saturated rings. The molecular formula is C14H10F2O3. The number of rotatable bonds is 4. The van der Waals surface area contributed by atoms with Crippen molar-refractivity contribution in [3.63, 3.8) is 0 Å². The fourth-order valence-corrected chi connectivity index (χ4v) is 1.51. The van der Waals surface area contributed by atoms with E-state index in [2.05, 4.69) is 0 Å². The van der Waals surface area contributed by atoms with Crippen LogP contribution in [0.25, 0.3) is 0 Å². The topological polar surface area (TPSA) is 46.5 Å². The monoisotopic (exact) mass is 264 g/mol. The summed E-state index contributed by atoms with van der Waals surface area (Å²) in [5.74, 6) is -2.57. The average Bonchev–Trinajstić information content (AvgIpc) is 2.40. The quantitative estimate of drug-likeness (QED) is 0.922. The number of ether oxygens (including phenoxy) is 1. The first-order valence-corrected chi connectivity index (χ1v) is 5.46. The second-order valence-corrected chi connectivity index (χ2v) is 3.87. The van der Waals surface area contributed by atoms with Gasteiger partial charge in [-0.05, 0) is 35.9 Å². The van der Waals surface area contributed by atoms with Crippen LogP contribution in [0.1, 0.15) is 15.9 Å². The second kappa shape index (κ2) is 5.48. The highest BCUT2D eigenvalue weighted by Crippen LogP contribution is 2.16. The highest BCUT2D eigenvalue weighted by Gasteiger charge is 2.05. The number of hydrogen-bond acceptors (Lipinski definition) is 2. The van der Waals surface area contributed by atoms with Gasteiger partial charge in [0.1, 0.15) is 12.4 Å². The largest absolute Gasteiger partial charge is 0.489 e. The van der Waals surface area contributed by atoms with Gasteiger partial charge in [0.2, 0.25) is 0 Å². The molecule has 0 saturated carbocycles. The Hall–Kier alpha value is -2.43. The van der Waals surface area contributed by atoms with Crippen LogP contribution in [0.5, 0.6) is 5.75 Å². The van der Waals surface area contributed by atoms with Crippen LogP contribution in [0.15, 0.2) is 42.5 Å². The Balaban J connectivity index is 2.07. The molecule has 0 aromatic heterocycles. The van der Waals surface area contributed by atoms with Gasteiger partial charge in [-0.1, -0.05) is 12.1 Å². The molecule has 2 rings (SSSR count). The Kier molecular flexibility index (Phi) is 3.75. The van der Waals surface area contributed by atoms with Crippen LogP contribution < -0.4 is 4.74 Å². The summed E-state index contributed by atoms with van der Waals surface area (Å²) >= 11 is 0. The molecule has 0 unspecified atom stereocenters. The minimum absolute atomic E-state index is 0.0280. The summed E-state index contributed by atoms with van der Waals surface area (Å²) in [5.41, 5.74) is 0.558. The smallest absolute Gasteiger partial charge is 0.335 e. The lowest BCUT2D eigenvalue weighted by atomic mass is 10.2. The van der Waals surface area contributed by atoms with Crippen molar-refractivity contribution in [3.8, 4) is 5.75 Å². The molecule has 0 aliphatic carbocycles. The Morgan fingerprint density at radius 1 is 1.11 bits per heavy atom. The number of aromatic carboxylic acids is 1. The van der Waals surface area contributed by atoms with Crippen LogP contribution in [0.2, 0.25) is 0 Å². The van der Waals surface area contributed by atoms with Gasteiger partial charge in [0.25, 0.3) is 0 Å². The maximum absolute atomic E-state index is 13.0. The van der Waals surface area contributed by atoms with Gasteiger partial charge in [-0.25, -0.2) is 13.6 Å². The third kappa shape index (κ3) is 3.28. The fourth-order valence-electron chi connectivity index (χ4n) is 1.51. The molecular weight excluding hydrogens is 254 g/mol. The maximum Gasteiger partial charge on any atom is 0.335 e. The van der Waals surface area contributed by atoms with Gasteiger partial charge in [-0.15, -0.1) is 0 Å². The van der Waals surface area contributed by atoms with E-state index in [0.29, 0.717) is 11.3 Å². The molecule has 0 atom stereocenters. The average molecular weight is 264 g/mol. The summed E-state index contributed by atoms with van der Waals surface area (Å²) in [4.78, 5) is 10.8. The molecule has 2 aromatic rings. The molecule has 0 aliphatic rings. The molecule has 3 nitrogen and oxygen atoms in total. The summed E-state index contributed by atoms with van der Waals surface area (Å²) < 4.78 is 31.0. The van der Waals surface area contributed by atoms with E-state index in [-0.39, 0.29) is 12.2 Å². The van der Waals surface area contributed by atoms with Crippen molar-refractivity contribution in [1.82, 2.24) is 0 Å². The van der Waals surface area contributed by atoms with E-state index in [0.717, 1.165) is 12.1 Å². The summed E-state index contributed by atoms with van der Waals surface area (Å²) in [6.45, 7) is 0.0280.